The Morgan fingerprint density at radius 2 is 2.03 bits per heavy atom. The highest BCUT2D eigenvalue weighted by Crippen LogP contribution is 2.30. The lowest BCUT2D eigenvalue weighted by molar-refractivity contribution is -0.135. The van der Waals surface area contributed by atoms with Crippen LogP contribution in [0.4, 0.5) is 0 Å². The van der Waals surface area contributed by atoms with E-state index < -0.39 is 0 Å². The summed E-state index contributed by atoms with van der Waals surface area (Å²) in [6, 6.07) is 7.97. The fourth-order valence-corrected chi connectivity index (χ4v) is 4.32. The van der Waals surface area contributed by atoms with E-state index in [0.29, 0.717) is 6.42 Å². The first-order valence-electron chi connectivity index (χ1n) is 10.6. The van der Waals surface area contributed by atoms with Crippen LogP contribution in [0.5, 0.6) is 5.75 Å². The molecule has 2 aromatic rings. The molecule has 154 valence electrons. The highest BCUT2D eigenvalue weighted by atomic mass is 16.5. The van der Waals surface area contributed by atoms with Gasteiger partial charge in [-0.25, -0.2) is 9.97 Å². The molecular weight excluding hydrogens is 364 g/mol. The Kier molecular flexibility index (Phi) is 6.09. The number of fused-ring (bicyclic) bond motifs is 1. The van der Waals surface area contributed by atoms with Crippen LogP contribution in [0.1, 0.15) is 54.4 Å². The van der Waals surface area contributed by atoms with Crippen molar-refractivity contribution in [2.24, 2.45) is 0 Å². The van der Waals surface area contributed by atoms with Crippen LogP contribution < -0.4 is 4.74 Å². The summed E-state index contributed by atoms with van der Waals surface area (Å²) in [4.78, 5) is 26.9. The zero-order valence-electron chi connectivity index (χ0n) is 17.4. The van der Waals surface area contributed by atoms with Crippen LogP contribution in [-0.4, -0.2) is 52.9 Å². The first kappa shape index (κ1) is 19.8. The first-order chi connectivity index (χ1) is 14.1. The van der Waals surface area contributed by atoms with E-state index >= 15 is 0 Å². The van der Waals surface area contributed by atoms with Crippen LogP contribution in [0.3, 0.4) is 0 Å². The second-order valence-electron chi connectivity index (χ2n) is 8.13. The van der Waals surface area contributed by atoms with E-state index in [2.05, 4.69) is 16.9 Å². The molecule has 1 aromatic carbocycles. The van der Waals surface area contributed by atoms with Crippen molar-refractivity contribution in [2.45, 2.75) is 51.1 Å². The molecule has 1 aromatic heterocycles. The summed E-state index contributed by atoms with van der Waals surface area (Å²) in [5.74, 6) is 1.87. The molecule has 0 radical (unpaired) electrons. The third-order valence-electron chi connectivity index (χ3n) is 6.05. The van der Waals surface area contributed by atoms with E-state index in [4.69, 9.17) is 9.72 Å². The average Bonchev–Trinajstić information content (AvgIpc) is 2.77. The molecule has 1 atom stereocenters. The number of benzene rings is 1. The Morgan fingerprint density at radius 3 is 2.83 bits per heavy atom. The zero-order chi connectivity index (χ0) is 20.2. The molecule has 0 saturated carbocycles. The van der Waals surface area contributed by atoms with Gasteiger partial charge in [-0.3, -0.25) is 4.79 Å². The summed E-state index contributed by atoms with van der Waals surface area (Å²) in [7, 11) is 3.79. The predicted molar refractivity (Wildman–Crippen MR) is 112 cm³/mol. The van der Waals surface area contributed by atoms with Gasteiger partial charge in [-0.1, -0.05) is 12.1 Å². The van der Waals surface area contributed by atoms with Crippen molar-refractivity contribution in [3.05, 3.63) is 53.1 Å². The van der Waals surface area contributed by atoms with Crippen LogP contribution in [0.15, 0.2) is 30.5 Å². The van der Waals surface area contributed by atoms with Gasteiger partial charge in [0.15, 0.2) is 5.82 Å². The number of carbonyl (C=O) groups excluding carboxylic acids is 1. The molecule has 1 fully saturated rings. The molecule has 6 nitrogen and oxygen atoms in total. The van der Waals surface area contributed by atoms with Crippen LogP contribution in [0, 0.1) is 0 Å². The van der Waals surface area contributed by atoms with Gasteiger partial charge < -0.3 is 14.5 Å². The molecule has 2 aliphatic rings. The maximum absolute atomic E-state index is 13.0. The van der Waals surface area contributed by atoms with Crippen LogP contribution in [0.2, 0.25) is 0 Å². The number of aromatic nitrogens is 2. The van der Waals surface area contributed by atoms with Gasteiger partial charge in [-0.05, 0) is 50.4 Å². The molecule has 3 heterocycles. The number of methoxy groups -OCH3 is 1. The molecule has 0 bridgehead atoms. The van der Waals surface area contributed by atoms with Gasteiger partial charge in [0.1, 0.15) is 5.75 Å². The largest absolute Gasteiger partial charge is 0.497 e. The van der Waals surface area contributed by atoms with Crippen molar-refractivity contribution >= 4 is 5.91 Å². The number of carbonyl (C=O) groups is 1. The van der Waals surface area contributed by atoms with Gasteiger partial charge >= 0.3 is 0 Å². The monoisotopic (exact) mass is 394 g/mol. The summed E-state index contributed by atoms with van der Waals surface area (Å²) in [6.07, 6.45) is 7.31. The van der Waals surface area contributed by atoms with Crippen molar-refractivity contribution in [2.75, 3.05) is 27.2 Å². The van der Waals surface area contributed by atoms with Crippen molar-refractivity contribution in [1.82, 2.24) is 19.8 Å². The third-order valence-corrected chi connectivity index (χ3v) is 6.05. The van der Waals surface area contributed by atoms with Gasteiger partial charge in [0.25, 0.3) is 0 Å². The number of piperidine rings is 1. The average molecular weight is 395 g/mol. The van der Waals surface area contributed by atoms with Gasteiger partial charge in [-0.2, -0.15) is 0 Å². The Bertz CT molecular complexity index is 852. The number of rotatable bonds is 5. The van der Waals surface area contributed by atoms with E-state index in [1.807, 2.05) is 35.4 Å². The second kappa shape index (κ2) is 8.91. The summed E-state index contributed by atoms with van der Waals surface area (Å²) < 4.78 is 5.21. The molecule has 4 rings (SSSR count). The highest BCUT2D eigenvalue weighted by molar-refractivity contribution is 5.77. The lowest BCUT2D eigenvalue weighted by Gasteiger charge is -2.35. The molecule has 0 unspecified atom stereocenters. The lowest BCUT2D eigenvalue weighted by Crippen LogP contribution is -2.39. The number of ether oxygens (including phenoxy) is 1. The Hall–Kier alpha value is -2.47. The summed E-state index contributed by atoms with van der Waals surface area (Å²) in [6.45, 7) is 2.73. The quantitative estimate of drug-likeness (QED) is 0.780. The molecule has 1 amide bonds. The maximum Gasteiger partial charge on any atom is 0.223 e. The van der Waals surface area contributed by atoms with E-state index in [0.717, 1.165) is 74.6 Å². The van der Waals surface area contributed by atoms with E-state index in [9.17, 15) is 4.79 Å². The van der Waals surface area contributed by atoms with E-state index in [-0.39, 0.29) is 11.9 Å². The van der Waals surface area contributed by atoms with Crippen molar-refractivity contribution in [3.63, 3.8) is 0 Å². The number of hydrogen-bond donors (Lipinski definition) is 0. The predicted octanol–water partition coefficient (Wildman–Crippen LogP) is 3.16. The SMILES string of the molecule is COc1ccc(CCC(=O)N2CCCC[C@H]2c2ncc3c(n2)CCN(C)C3)cc1. The van der Waals surface area contributed by atoms with Gasteiger partial charge in [0, 0.05) is 49.9 Å². The fraction of sp³-hybridized carbons (Fsp3) is 0.522. The van der Waals surface area contributed by atoms with Crippen LogP contribution in [-0.2, 0) is 24.2 Å². The lowest BCUT2D eigenvalue weighted by atomic mass is 9.99. The number of aryl methyl sites for hydroxylation is 1. The molecule has 2 aliphatic heterocycles. The smallest absolute Gasteiger partial charge is 0.223 e. The van der Waals surface area contributed by atoms with Gasteiger partial charge in [0.2, 0.25) is 5.91 Å². The molecular formula is C23H30N4O2. The second-order valence-corrected chi connectivity index (χ2v) is 8.13. The molecule has 29 heavy (non-hydrogen) atoms. The van der Waals surface area contributed by atoms with Crippen LogP contribution >= 0.6 is 0 Å². The molecule has 0 spiro atoms. The minimum atomic E-state index is 0.0112. The van der Waals surface area contributed by atoms with Crippen LogP contribution in [0.25, 0.3) is 0 Å². The van der Waals surface area contributed by atoms with Gasteiger partial charge in [-0.15, -0.1) is 0 Å². The summed E-state index contributed by atoms with van der Waals surface area (Å²) >= 11 is 0. The Morgan fingerprint density at radius 1 is 1.21 bits per heavy atom. The number of amides is 1. The fourth-order valence-electron chi connectivity index (χ4n) is 4.32. The topological polar surface area (TPSA) is 58.6 Å². The Labute approximate surface area is 172 Å². The standard InChI is InChI=1S/C23H30N4O2/c1-26-14-12-20-18(16-26)15-24-23(25-20)21-5-3-4-13-27(21)22(28)11-8-17-6-9-19(29-2)10-7-17/h6-7,9-10,15,21H,3-5,8,11-14,16H2,1-2H3/t21-/m0/s1. The molecule has 1 saturated heterocycles. The Balaban J connectivity index is 1.44. The number of likely N-dealkylation sites (tertiary alicyclic amines) is 1. The summed E-state index contributed by atoms with van der Waals surface area (Å²) in [5.41, 5.74) is 3.53. The molecule has 0 aliphatic carbocycles. The summed E-state index contributed by atoms with van der Waals surface area (Å²) in [5, 5.41) is 0. The minimum absolute atomic E-state index is 0.0112. The zero-order valence-corrected chi connectivity index (χ0v) is 17.4. The number of hydrogen-bond acceptors (Lipinski definition) is 5. The normalized spacial score (nSPS) is 19.7. The minimum Gasteiger partial charge on any atom is -0.497 e. The van der Waals surface area contributed by atoms with Crippen molar-refractivity contribution in [3.8, 4) is 5.75 Å². The highest BCUT2D eigenvalue weighted by Gasteiger charge is 2.30. The first-order valence-corrected chi connectivity index (χ1v) is 10.6. The molecule has 6 heteroatoms. The maximum atomic E-state index is 13.0. The molecule has 0 N–H and O–H groups in total. The van der Waals surface area contributed by atoms with Crippen molar-refractivity contribution < 1.29 is 9.53 Å². The van der Waals surface area contributed by atoms with Gasteiger partial charge in [0.05, 0.1) is 13.2 Å². The van der Waals surface area contributed by atoms with Crippen molar-refractivity contribution in [1.29, 1.82) is 0 Å². The number of nitrogens with zero attached hydrogens (tertiary/aromatic N) is 4. The number of likely N-dealkylation sites (N-methyl/N-ethyl adjacent to an activating group) is 1. The van der Waals surface area contributed by atoms with E-state index in [1.54, 1.807) is 7.11 Å². The third kappa shape index (κ3) is 4.58. The van der Waals surface area contributed by atoms with E-state index in [1.165, 1.54) is 5.56 Å².